The minimum atomic E-state index is -1.00. The molecule has 0 spiro atoms. The predicted molar refractivity (Wildman–Crippen MR) is 148 cm³/mol. The number of nitrogens with zero attached hydrogens (tertiary/aromatic N) is 2. The van der Waals surface area contributed by atoms with E-state index < -0.39 is 11.9 Å². The standard InChI is InChI=1S/C16H14N4.C14H10O5/c1-3-10-17-15(8-1)19-13-6-5-7-14(12-13)20-16-9-2-4-11-18-16;15-13(16)9-1-5-11(6-2-9)19-12-7-3-10(4-8-12)14(17)18/h1-12H,(H,17,19)(H,18,20);1-8H,(H,15,16)(H,17,18). The second-order valence-corrected chi connectivity index (χ2v) is 8.02. The highest BCUT2D eigenvalue weighted by Crippen LogP contribution is 2.23. The Morgan fingerprint density at radius 3 is 1.36 bits per heavy atom. The lowest BCUT2D eigenvalue weighted by Crippen LogP contribution is -1.96. The molecule has 2 aromatic heterocycles. The number of pyridine rings is 2. The van der Waals surface area contributed by atoms with Crippen molar-refractivity contribution in [2.45, 2.75) is 0 Å². The SMILES string of the molecule is O=C(O)c1ccc(Oc2ccc(C(=O)O)cc2)cc1.c1ccc(Nc2cccc(Nc3ccccn3)c2)nc1. The van der Waals surface area contributed by atoms with Gasteiger partial charge in [-0.2, -0.15) is 0 Å². The van der Waals surface area contributed by atoms with Gasteiger partial charge in [-0.05, 0) is 91.0 Å². The molecular weight excluding hydrogens is 496 g/mol. The van der Waals surface area contributed by atoms with Gasteiger partial charge in [0.15, 0.2) is 0 Å². The van der Waals surface area contributed by atoms with Crippen molar-refractivity contribution < 1.29 is 24.5 Å². The molecule has 0 amide bonds. The van der Waals surface area contributed by atoms with Gasteiger partial charge < -0.3 is 25.6 Å². The first-order valence-electron chi connectivity index (χ1n) is 11.8. The quantitative estimate of drug-likeness (QED) is 0.173. The van der Waals surface area contributed by atoms with E-state index in [-0.39, 0.29) is 11.1 Å². The highest BCUT2D eigenvalue weighted by atomic mass is 16.5. The number of hydrogen-bond acceptors (Lipinski definition) is 7. The van der Waals surface area contributed by atoms with E-state index in [0.29, 0.717) is 11.5 Å². The Hall–Kier alpha value is -5.70. The smallest absolute Gasteiger partial charge is 0.335 e. The number of nitrogens with one attached hydrogen (secondary N) is 2. The van der Waals surface area contributed by atoms with Crippen molar-refractivity contribution in [1.82, 2.24) is 9.97 Å². The second kappa shape index (κ2) is 13.0. The van der Waals surface area contributed by atoms with Gasteiger partial charge in [-0.25, -0.2) is 19.6 Å². The summed E-state index contributed by atoms with van der Waals surface area (Å²) in [6.07, 6.45) is 3.52. The topological polar surface area (TPSA) is 134 Å². The van der Waals surface area contributed by atoms with Gasteiger partial charge in [0, 0.05) is 23.8 Å². The fourth-order valence-corrected chi connectivity index (χ4v) is 3.31. The van der Waals surface area contributed by atoms with Crippen molar-refractivity contribution in [3.05, 3.63) is 133 Å². The molecular formula is C30H24N4O5. The zero-order chi connectivity index (χ0) is 27.5. The van der Waals surface area contributed by atoms with Crippen molar-refractivity contribution in [2.24, 2.45) is 0 Å². The third-order valence-electron chi connectivity index (χ3n) is 5.18. The number of ether oxygens (including phenoxy) is 1. The van der Waals surface area contributed by atoms with Crippen molar-refractivity contribution in [1.29, 1.82) is 0 Å². The van der Waals surface area contributed by atoms with Crippen LogP contribution in [0.1, 0.15) is 20.7 Å². The van der Waals surface area contributed by atoms with Gasteiger partial charge in [0.05, 0.1) is 11.1 Å². The number of rotatable bonds is 8. The maximum atomic E-state index is 10.7. The van der Waals surface area contributed by atoms with Gasteiger partial charge >= 0.3 is 11.9 Å². The van der Waals surface area contributed by atoms with E-state index in [1.54, 1.807) is 12.4 Å². The van der Waals surface area contributed by atoms with Crippen LogP contribution in [0.3, 0.4) is 0 Å². The Balaban J connectivity index is 0.000000181. The van der Waals surface area contributed by atoms with Crippen LogP contribution in [0.25, 0.3) is 0 Å². The van der Waals surface area contributed by atoms with Crippen LogP contribution >= 0.6 is 0 Å². The van der Waals surface area contributed by atoms with Crippen LogP contribution in [-0.4, -0.2) is 32.1 Å². The molecule has 9 nitrogen and oxygen atoms in total. The van der Waals surface area contributed by atoms with Crippen molar-refractivity contribution in [2.75, 3.05) is 10.6 Å². The third kappa shape index (κ3) is 8.16. The van der Waals surface area contributed by atoms with Gasteiger partial charge in [0.1, 0.15) is 23.1 Å². The predicted octanol–water partition coefficient (Wildman–Crippen LogP) is 6.84. The summed E-state index contributed by atoms with van der Waals surface area (Å²) in [6.45, 7) is 0. The Kier molecular flexibility index (Phi) is 8.80. The number of aromatic nitrogens is 2. The molecule has 39 heavy (non-hydrogen) atoms. The molecule has 9 heteroatoms. The van der Waals surface area contributed by atoms with Crippen molar-refractivity contribution in [3.63, 3.8) is 0 Å². The summed E-state index contributed by atoms with van der Waals surface area (Å²) in [7, 11) is 0. The number of benzene rings is 3. The lowest BCUT2D eigenvalue weighted by Gasteiger charge is -2.09. The third-order valence-corrected chi connectivity index (χ3v) is 5.18. The average Bonchev–Trinajstić information content (AvgIpc) is 2.95. The van der Waals surface area contributed by atoms with E-state index in [2.05, 4.69) is 20.6 Å². The lowest BCUT2D eigenvalue weighted by molar-refractivity contribution is 0.0686. The van der Waals surface area contributed by atoms with Crippen LogP contribution in [0.15, 0.2) is 122 Å². The van der Waals surface area contributed by atoms with Gasteiger partial charge in [-0.1, -0.05) is 18.2 Å². The summed E-state index contributed by atoms with van der Waals surface area (Å²) in [4.78, 5) is 29.8. The molecule has 0 aliphatic heterocycles. The van der Waals surface area contributed by atoms with Crippen LogP contribution in [0.2, 0.25) is 0 Å². The molecule has 0 saturated carbocycles. The van der Waals surface area contributed by atoms with Gasteiger partial charge in [0.2, 0.25) is 0 Å². The highest BCUT2D eigenvalue weighted by Gasteiger charge is 2.05. The summed E-state index contributed by atoms with van der Waals surface area (Å²) in [6, 6.07) is 31.4. The largest absolute Gasteiger partial charge is 0.478 e. The number of aromatic carboxylic acids is 2. The molecule has 0 aliphatic rings. The summed E-state index contributed by atoms with van der Waals surface area (Å²) >= 11 is 0. The van der Waals surface area contributed by atoms with E-state index in [4.69, 9.17) is 14.9 Å². The minimum Gasteiger partial charge on any atom is -0.478 e. The molecule has 0 bridgehead atoms. The first kappa shape index (κ1) is 26.4. The summed E-state index contributed by atoms with van der Waals surface area (Å²) in [5, 5.41) is 24.0. The Bertz CT molecular complexity index is 1400. The van der Waals surface area contributed by atoms with Gasteiger partial charge in [0.25, 0.3) is 0 Å². The van der Waals surface area contributed by atoms with Crippen LogP contribution < -0.4 is 15.4 Å². The number of anilines is 4. The normalized spacial score (nSPS) is 9.95. The molecule has 0 aliphatic carbocycles. The Labute approximate surface area is 224 Å². The number of carboxylic acid groups (broad SMARTS) is 2. The molecule has 194 valence electrons. The van der Waals surface area contributed by atoms with E-state index in [1.807, 2.05) is 60.7 Å². The van der Waals surface area contributed by atoms with E-state index in [1.165, 1.54) is 48.5 Å². The first-order valence-corrected chi connectivity index (χ1v) is 11.8. The molecule has 0 atom stereocenters. The van der Waals surface area contributed by atoms with Crippen LogP contribution in [-0.2, 0) is 0 Å². The van der Waals surface area contributed by atoms with E-state index >= 15 is 0 Å². The van der Waals surface area contributed by atoms with Crippen LogP contribution in [0.4, 0.5) is 23.0 Å². The molecule has 2 heterocycles. The number of carboxylic acids is 2. The highest BCUT2D eigenvalue weighted by molar-refractivity contribution is 5.88. The fraction of sp³-hybridized carbons (Fsp3) is 0. The summed E-state index contributed by atoms with van der Waals surface area (Å²) in [5.41, 5.74) is 2.30. The van der Waals surface area contributed by atoms with Gasteiger partial charge in [-0.3, -0.25) is 0 Å². The van der Waals surface area contributed by atoms with Crippen molar-refractivity contribution in [3.8, 4) is 11.5 Å². The zero-order valence-corrected chi connectivity index (χ0v) is 20.6. The molecule has 3 aromatic carbocycles. The molecule has 4 N–H and O–H groups in total. The molecule has 0 fully saturated rings. The number of hydrogen-bond donors (Lipinski definition) is 4. The van der Waals surface area contributed by atoms with Crippen molar-refractivity contribution >= 4 is 34.9 Å². The summed E-state index contributed by atoms with van der Waals surface area (Å²) in [5.74, 6) is 0.598. The van der Waals surface area contributed by atoms with Gasteiger partial charge in [-0.15, -0.1) is 0 Å². The maximum absolute atomic E-state index is 10.7. The summed E-state index contributed by atoms with van der Waals surface area (Å²) < 4.78 is 5.46. The molecule has 0 radical (unpaired) electrons. The minimum absolute atomic E-state index is 0.175. The molecule has 0 unspecified atom stereocenters. The Morgan fingerprint density at radius 1 is 0.564 bits per heavy atom. The molecule has 5 aromatic rings. The van der Waals surface area contributed by atoms with E-state index in [0.717, 1.165) is 23.0 Å². The fourth-order valence-electron chi connectivity index (χ4n) is 3.31. The lowest BCUT2D eigenvalue weighted by atomic mass is 10.2. The zero-order valence-electron chi connectivity index (χ0n) is 20.6. The molecule has 5 rings (SSSR count). The number of carbonyl (C=O) groups is 2. The van der Waals surface area contributed by atoms with E-state index in [9.17, 15) is 9.59 Å². The van der Waals surface area contributed by atoms with Crippen LogP contribution in [0, 0.1) is 0 Å². The first-order chi connectivity index (χ1) is 19.0. The van der Waals surface area contributed by atoms with Crippen LogP contribution in [0.5, 0.6) is 11.5 Å². The monoisotopic (exact) mass is 520 g/mol. The molecule has 0 saturated heterocycles. The second-order valence-electron chi connectivity index (χ2n) is 8.02. The Morgan fingerprint density at radius 2 is 1.00 bits per heavy atom. The maximum Gasteiger partial charge on any atom is 0.335 e. The average molecular weight is 521 g/mol.